The van der Waals surface area contributed by atoms with Crippen molar-refractivity contribution < 1.29 is 17.5 Å². The third-order valence-electron chi connectivity index (χ3n) is 4.50. The highest BCUT2D eigenvalue weighted by Gasteiger charge is 2.29. The molecule has 152 valence electrons. The zero-order chi connectivity index (χ0) is 21.3. The van der Waals surface area contributed by atoms with Gasteiger partial charge in [-0.25, -0.2) is 17.5 Å². The van der Waals surface area contributed by atoms with E-state index in [9.17, 15) is 12.8 Å². The van der Waals surface area contributed by atoms with Crippen molar-refractivity contribution in [3.63, 3.8) is 0 Å². The molecule has 0 spiro atoms. The molecule has 0 unspecified atom stereocenters. The summed E-state index contributed by atoms with van der Waals surface area (Å²) in [7, 11) is -2.60. The molecule has 4 aromatic rings. The van der Waals surface area contributed by atoms with Crippen LogP contribution in [0.15, 0.2) is 82.7 Å². The molecule has 1 heterocycles. The standard InChI is InChI=1S/C21H17FN4O3S/c1-29-18-3-2-4-19(13-18)30(27,28)21-20(14-5-7-15(22)8-6-14)26(25-24-21)17-11-9-16(23)10-12-17/h2-13H,23H2,1H3. The number of benzene rings is 3. The topological polar surface area (TPSA) is 100 Å². The van der Waals surface area contributed by atoms with Crippen LogP contribution in [0.3, 0.4) is 0 Å². The number of anilines is 1. The number of hydrogen-bond acceptors (Lipinski definition) is 6. The number of sulfone groups is 1. The van der Waals surface area contributed by atoms with E-state index in [0.29, 0.717) is 22.7 Å². The lowest BCUT2D eigenvalue weighted by atomic mass is 10.1. The first-order valence-electron chi connectivity index (χ1n) is 8.87. The van der Waals surface area contributed by atoms with Gasteiger partial charge in [-0.2, -0.15) is 0 Å². The van der Waals surface area contributed by atoms with Gasteiger partial charge in [0, 0.05) is 11.3 Å². The molecule has 7 nitrogen and oxygen atoms in total. The third-order valence-corrected chi connectivity index (χ3v) is 6.16. The lowest BCUT2D eigenvalue weighted by molar-refractivity contribution is 0.413. The molecule has 0 fully saturated rings. The van der Waals surface area contributed by atoms with Crippen molar-refractivity contribution in [2.24, 2.45) is 0 Å². The molecular weight excluding hydrogens is 407 g/mol. The van der Waals surface area contributed by atoms with E-state index in [2.05, 4.69) is 10.3 Å². The molecule has 2 N–H and O–H groups in total. The molecule has 30 heavy (non-hydrogen) atoms. The number of halogens is 1. The second-order valence-corrected chi connectivity index (χ2v) is 8.30. The van der Waals surface area contributed by atoms with Crippen LogP contribution in [0.5, 0.6) is 5.75 Å². The van der Waals surface area contributed by atoms with Gasteiger partial charge >= 0.3 is 0 Å². The first-order valence-corrected chi connectivity index (χ1v) is 10.3. The van der Waals surface area contributed by atoms with Crippen LogP contribution in [0, 0.1) is 5.82 Å². The number of nitrogen functional groups attached to an aromatic ring is 1. The average Bonchev–Trinajstić information content (AvgIpc) is 3.21. The molecule has 0 aliphatic carbocycles. The van der Waals surface area contributed by atoms with E-state index >= 15 is 0 Å². The summed E-state index contributed by atoms with van der Waals surface area (Å²) in [6.07, 6.45) is 0. The number of ether oxygens (including phenoxy) is 1. The van der Waals surface area contributed by atoms with Crippen molar-refractivity contribution in [2.75, 3.05) is 12.8 Å². The number of nitrogens with two attached hydrogens (primary N) is 1. The van der Waals surface area contributed by atoms with Crippen LogP contribution >= 0.6 is 0 Å². The van der Waals surface area contributed by atoms with Gasteiger partial charge in [-0.05, 0) is 66.7 Å². The molecule has 1 aromatic heterocycles. The van der Waals surface area contributed by atoms with E-state index in [1.807, 2.05) is 0 Å². The monoisotopic (exact) mass is 424 g/mol. The first kappa shape index (κ1) is 19.6. The summed E-state index contributed by atoms with van der Waals surface area (Å²) >= 11 is 0. The fourth-order valence-electron chi connectivity index (χ4n) is 2.98. The lowest BCUT2D eigenvalue weighted by Gasteiger charge is -2.10. The molecular formula is C21H17FN4O3S. The fourth-order valence-corrected chi connectivity index (χ4v) is 4.33. The maximum absolute atomic E-state index is 13.5. The van der Waals surface area contributed by atoms with E-state index in [1.165, 1.54) is 48.2 Å². The summed E-state index contributed by atoms with van der Waals surface area (Å²) < 4.78 is 46.8. The second kappa shape index (κ2) is 7.60. The fraction of sp³-hybridized carbons (Fsp3) is 0.0476. The van der Waals surface area contributed by atoms with Gasteiger partial charge in [-0.3, -0.25) is 0 Å². The molecule has 0 aliphatic rings. The van der Waals surface area contributed by atoms with Gasteiger partial charge in [0.05, 0.1) is 17.7 Å². The van der Waals surface area contributed by atoms with Gasteiger partial charge in [-0.15, -0.1) is 5.10 Å². The number of nitrogens with zero attached hydrogens (tertiary/aromatic N) is 3. The highest BCUT2D eigenvalue weighted by Crippen LogP contribution is 2.33. The quantitative estimate of drug-likeness (QED) is 0.492. The number of aromatic nitrogens is 3. The minimum Gasteiger partial charge on any atom is -0.497 e. The third kappa shape index (κ3) is 3.50. The summed E-state index contributed by atoms with van der Waals surface area (Å²) in [4.78, 5) is 0.00886. The Morgan fingerprint density at radius 2 is 1.70 bits per heavy atom. The molecule has 9 heteroatoms. The van der Waals surface area contributed by atoms with Crippen molar-refractivity contribution in [3.8, 4) is 22.7 Å². The zero-order valence-electron chi connectivity index (χ0n) is 15.9. The predicted molar refractivity (Wildman–Crippen MR) is 110 cm³/mol. The van der Waals surface area contributed by atoms with Crippen LogP contribution in [0.1, 0.15) is 0 Å². The summed E-state index contributed by atoms with van der Waals surface area (Å²) in [6.45, 7) is 0. The van der Waals surface area contributed by atoms with Crippen molar-refractivity contribution in [3.05, 3.63) is 78.6 Å². The molecule has 0 amide bonds. The maximum Gasteiger partial charge on any atom is 0.228 e. The van der Waals surface area contributed by atoms with Gasteiger partial charge in [0.25, 0.3) is 0 Å². The summed E-state index contributed by atoms with van der Waals surface area (Å²) in [5.41, 5.74) is 7.51. The van der Waals surface area contributed by atoms with Crippen LogP contribution in [0.2, 0.25) is 0 Å². The Kier molecular flexibility index (Phi) is 4.96. The Bertz CT molecular complexity index is 1300. The van der Waals surface area contributed by atoms with Crippen molar-refractivity contribution >= 4 is 15.5 Å². The van der Waals surface area contributed by atoms with Gasteiger partial charge in [0.2, 0.25) is 14.9 Å². The number of rotatable bonds is 5. The van der Waals surface area contributed by atoms with Crippen LogP contribution in [-0.4, -0.2) is 30.5 Å². The smallest absolute Gasteiger partial charge is 0.228 e. The maximum atomic E-state index is 13.5. The van der Waals surface area contributed by atoms with Crippen LogP contribution in [0.4, 0.5) is 10.1 Å². The average molecular weight is 424 g/mol. The predicted octanol–water partition coefficient (Wildman–Crippen LogP) is 3.50. The molecule has 0 bridgehead atoms. The summed E-state index contributed by atoms with van der Waals surface area (Å²) in [6, 6.07) is 18.3. The minimum absolute atomic E-state index is 0.00886. The van der Waals surface area contributed by atoms with Crippen molar-refractivity contribution in [2.45, 2.75) is 9.92 Å². The number of methoxy groups -OCH3 is 1. The normalized spacial score (nSPS) is 11.4. The minimum atomic E-state index is -4.05. The van der Waals surface area contributed by atoms with Crippen LogP contribution in [-0.2, 0) is 9.84 Å². The zero-order valence-corrected chi connectivity index (χ0v) is 16.7. The Morgan fingerprint density at radius 3 is 2.37 bits per heavy atom. The first-order chi connectivity index (χ1) is 14.4. The molecule has 0 radical (unpaired) electrons. The number of hydrogen-bond donors (Lipinski definition) is 1. The van der Waals surface area contributed by atoms with Crippen LogP contribution < -0.4 is 10.5 Å². The molecule has 0 saturated carbocycles. The molecule has 0 atom stereocenters. The van der Waals surface area contributed by atoms with E-state index in [4.69, 9.17) is 10.5 Å². The van der Waals surface area contributed by atoms with E-state index in [1.54, 1.807) is 36.4 Å². The second-order valence-electron chi connectivity index (χ2n) is 6.44. The highest BCUT2D eigenvalue weighted by atomic mass is 32.2. The van der Waals surface area contributed by atoms with Gasteiger partial charge < -0.3 is 10.5 Å². The molecule has 0 saturated heterocycles. The lowest BCUT2D eigenvalue weighted by Crippen LogP contribution is -2.06. The Labute approximate surface area is 172 Å². The molecule has 4 rings (SSSR count). The SMILES string of the molecule is COc1cccc(S(=O)(=O)c2nnn(-c3ccc(N)cc3)c2-c2ccc(F)cc2)c1. The van der Waals surface area contributed by atoms with E-state index in [0.717, 1.165) is 0 Å². The Hall–Kier alpha value is -3.72. The van der Waals surface area contributed by atoms with Crippen LogP contribution in [0.25, 0.3) is 16.9 Å². The van der Waals surface area contributed by atoms with Gasteiger partial charge in [-0.1, -0.05) is 11.3 Å². The van der Waals surface area contributed by atoms with E-state index < -0.39 is 15.7 Å². The van der Waals surface area contributed by atoms with Crippen molar-refractivity contribution in [1.82, 2.24) is 15.0 Å². The molecule has 3 aromatic carbocycles. The largest absolute Gasteiger partial charge is 0.497 e. The Balaban J connectivity index is 1.96. The highest BCUT2D eigenvalue weighted by molar-refractivity contribution is 7.91. The van der Waals surface area contributed by atoms with E-state index in [-0.39, 0.29) is 15.6 Å². The summed E-state index contributed by atoms with van der Waals surface area (Å²) in [5, 5.41) is 7.80. The summed E-state index contributed by atoms with van der Waals surface area (Å²) in [5.74, 6) is -0.0483. The van der Waals surface area contributed by atoms with Gasteiger partial charge in [0.15, 0.2) is 0 Å². The van der Waals surface area contributed by atoms with Crippen molar-refractivity contribution in [1.29, 1.82) is 0 Å². The Morgan fingerprint density at radius 1 is 1.00 bits per heavy atom. The molecule has 0 aliphatic heterocycles. The van der Waals surface area contributed by atoms with Gasteiger partial charge in [0.1, 0.15) is 17.3 Å².